The number of aryl methyl sites for hydroxylation is 2. The molecule has 1 aliphatic heterocycles. The molecule has 316 valence electrons. The first-order valence-electron chi connectivity index (χ1n) is 23.9. The monoisotopic (exact) mass is 816 g/mol. The quantitative estimate of drug-likeness (QED) is 0.149. The summed E-state index contributed by atoms with van der Waals surface area (Å²) in [6.45, 7) is 14.2. The molecule has 3 aliphatic carbocycles. The van der Waals surface area contributed by atoms with Gasteiger partial charge in [0.25, 0.3) is 0 Å². The molecule has 8 atom stereocenters. The molecule has 0 aromatic heterocycles. The fourth-order valence-corrected chi connectivity index (χ4v) is 13.3. The van der Waals surface area contributed by atoms with Crippen LogP contribution in [0.5, 0.6) is 0 Å². The van der Waals surface area contributed by atoms with E-state index in [0.29, 0.717) is 23.7 Å². The Kier molecular flexibility index (Phi) is 11.0. The highest BCUT2D eigenvalue weighted by Gasteiger charge is 2.64. The van der Waals surface area contributed by atoms with Crippen LogP contribution in [0.15, 0.2) is 146 Å². The Balaban J connectivity index is 1.26. The van der Waals surface area contributed by atoms with Crippen molar-refractivity contribution in [1.29, 1.82) is 5.41 Å². The lowest BCUT2D eigenvalue weighted by molar-refractivity contribution is 0.0890. The summed E-state index contributed by atoms with van der Waals surface area (Å²) in [6, 6.07) is 54.8. The molecule has 4 aliphatic rings. The van der Waals surface area contributed by atoms with Crippen LogP contribution in [0, 0.1) is 42.9 Å². The van der Waals surface area contributed by atoms with Gasteiger partial charge in [0, 0.05) is 23.7 Å². The number of guanidine groups is 1. The third-order valence-electron chi connectivity index (χ3n) is 16.2. The molecular weight excluding hydrogens is 751 g/mol. The molecule has 0 amide bonds. The minimum Gasteiger partial charge on any atom is -0.306 e. The van der Waals surface area contributed by atoms with Crippen molar-refractivity contribution in [2.75, 3.05) is 9.80 Å². The molecule has 62 heavy (non-hydrogen) atoms. The summed E-state index contributed by atoms with van der Waals surface area (Å²) in [5, 5.41) is 11.1. The summed E-state index contributed by atoms with van der Waals surface area (Å²) < 4.78 is 0. The van der Waals surface area contributed by atoms with Crippen LogP contribution in [0.2, 0.25) is 0 Å². The normalized spacial score (nSPS) is 24.9. The lowest BCUT2D eigenvalue weighted by atomic mass is 9.64. The van der Waals surface area contributed by atoms with Gasteiger partial charge in [0.2, 0.25) is 5.96 Å². The van der Waals surface area contributed by atoms with Crippen molar-refractivity contribution in [1.82, 2.24) is 0 Å². The highest BCUT2D eigenvalue weighted by atomic mass is 15.5. The van der Waals surface area contributed by atoms with E-state index in [-0.39, 0.29) is 35.8 Å². The van der Waals surface area contributed by atoms with Gasteiger partial charge in [0.1, 0.15) is 0 Å². The smallest absolute Gasteiger partial charge is 0.203 e. The molecule has 1 heterocycles. The average Bonchev–Trinajstić information content (AvgIpc) is 3.80. The number of hydrogen-bond donors (Lipinski definition) is 1. The number of anilines is 2. The molecular formula is C59H65N3. The summed E-state index contributed by atoms with van der Waals surface area (Å²) in [7, 11) is 0. The topological polar surface area (TPSA) is 30.3 Å². The highest BCUT2D eigenvalue weighted by Crippen LogP contribution is 2.62. The van der Waals surface area contributed by atoms with Crippen LogP contribution in [0.4, 0.5) is 11.4 Å². The second kappa shape index (κ2) is 16.7. The van der Waals surface area contributed by atoms with Crippen LogP contribution in [-0.2, 0) is 0 Å². The predicted molar refractivity (Wildman–Crippen MR) is 260 cm³/mol. The van der Waals surface area contributed by atoms with E-state index < -0.39 is 0 Å². The maximum Gasteiger partial charge on any atom is 0.203 e. The zero-order valence-electron chi connectivity index (χ0n) is 37.8. The molecule has 10 rings (SSSR count). The predicted octanol–water partition coefficient (Wildman–Crippen LogP) is 14.8. The van der Waals surface area contributed by atoms with Gasteiger partial charge in [0.15, 0.2) is 0 Å². The zero-order valence-corrected chi connectivity index (χ0v) is 37.8. The number of benzene rings is 6. The van der Waals surface area contributed by atoms with Crippen LogP contribution >= 0.6 is 0 Å². The fraction of sp³-hybridized carbons (Fsp3) is 0.373. The van der Waals surface area contributed by atoms with Crippen LogP contribution in [0.25, 0.3) is 0 Å². The molecule has 6 aromatic rings. The van der Waals surface area contributed by atoms with Gasteiger partial charge in [-0.15, -0.1) is 0 Å². The van der Waals surface area contributed by atoms with E-state index in [1.807, 2.05) is 0 Å². The van der Waals surface area contributed by atoms with E-state index >= 15 is 0 Å². The van der Waals surface area contributed by atoms with Crippen molar-refractivity contribution in [2.45, 2.75) is 116 Å². The first kappa shape index (κ1) is 40.6. The summed E-state index contributed by atoms with van der Waals surface area (Å²) in [5.74, 6) is 3.84. The number of nitrogens with one attached hydrogen (secondary N) is 1. The maximum absolute atomic E-state index is 11.1. The Hall–Kier alpha value is -5.41. The summed E-state index contributed by atoms with van der Waals surface area (Å²) >= 11 is 0. The third kappa shape index (κ3) is 6.91. The molecule has 3 nitrogen and oxygen atoms in total. The Morgan fingerprint density at radius 3 is 1.02 bits per heavy atom. The Labute approximate surface area is 371 Å². The first-order chi connectivity index (χ1) is 30.2. The summed E-state index contributed by atoms with van der Waals surface area (Å²) in [5.41, 5.74) is 15.8. The Morgan fingerprint density at radius 1 is 0.435 bits per heavy atom. The van der Waals surface area contributed by atoms with Gasteiger partial charge in [-0.3, -0.25) is 5.41 Å². The molecule has 0 spiro atoms. The van der Waals surface area contributed by atoms with Gasteiger partial charge in [0.05, 0.1) is 23.5 Å². The van der Waals surface area contributed by atoms with Crippen molar-refractivity contribution < 1.29 is 0 Å². The van der Waals surface area contributed by atoms with Crippen molar-refractivity contribution in [3.63, 3.8) is 0 Å². The number of fused-ring (bicyclic) bond motifs is 3. The van der Waals surface area contributed by atoms with Gasteiger partial charge >= 0.3 is 0 Å². The van der Waals surface area contributed by atoms with Gasteiger partial charge in [-0.25, -0.2) is 0 Å². The molecule has 1 N–H and O–H groups in total. The first-order valence-corrected chi connectivity index (χ1v) is 23.9. The standard InChI is InChI=1S/C59H65N3/c1-37-33-50(39(3)43-21-11-7-12-22-43)55(51(34-37)40(4)44-23-13-8-14-24-44)61-57-48-31-19-29-47-30-20-32-49(54(47)48)58(57)62(59(61)60)56-52(41(5)45-25-15-9-16-26-45)35-38(2)36-53(56)42(6)46-27-17-10-18-28-46/h7-18,21-28,33-36,39-42,47-49,54,57-58,60H,19-20,29-32H2,1-6H3. The largest absolute Gasteiger partial charge is 0.306 e. The average molecular weight is 816 g/mol. The maximum atomic E-state index is 11.1. The second-order valence-corrected chi connectivity index (χ2v) is 19.7. The number of nitrogens with zero attached hydrogens (tertiary/aromatic N) is 2. The number of hydrogen-bond acceptors (Lipinski definition) is 1. The van der Waals surface area contributed by atoms with E-state index in [0.717, 1.165) is 5.92 Å². The molecule has 6 aromatic carbocycles. The van der Waals surface area contributed by atoms with Crippen LogP contribution in [-0.4, -0.2) is 18.0 Å². The van der Waals surface area contributed by atoms with E-state index in [1.165, 1.54) is 106 Å². The molecule has 3 saturated carbocycles. The summed E-state index contributed by atoms with van der Waals surface area (Å²) in [6.07, 6.45) is 7.84. The van der Waals surface area contributed by atoms with Crippen LogP contribution in [0.3, 0.4) is 0 Å². The van der Waals surface area contributed by atoms with Gasteiger partial charge in [-0.05, 0) is 94.9 Å². The third-order valence-corrected chi connectivity index (χ3v) is 16.2. The molecule has 4 fully saturated rings. The van der Waals surface area contributed by atoms with E-state index in [2.05, 4.69) is 197 Å². The lowest BCUT2D eigenvalue weighted by Gasteiger charge is -2.45. The van der Waals surface area contributed by atoms with Gasteiger partial charge in [-0.2, -0.15) is 0 Å². The van der Waals surface area contributed by atoms with Crippen molar-refractivity contribution >= 4 is 17.3 Å². The van der Waals surface area contributed by atoms with E-state index in [9.17, 15) is 5.41 Å². The van der Waals surface area contributed by atoms with Gasteiger partial charge in [-0.1, -0.05) is 210 Å². The van der Waals surface area contributed by atoms with Gasteiger partial charge < -0.3 is 9.80 Å². The lowest BCUT2D eigenvalue weighted by Crippen LogP contribution is -2.45. The molecule has 3 heteroatoms. The highest BCUT2D eigenvalue weighted by molar-refractivity contribution is 6.11. The van der Waals surface area contributed by atoms with Crippen LogP contribution in [0.1, 0.15) is 146 Å². The Bertz CT molecular complexity index is 2220. The molecule has 1 saturated heterocycles. The van der Waals surface area contributed by atoms with Crippen LogP contribution < -0.4 is 9.80 Å². The SMILES string of the molecule is Cc1cc(C(C)c2ccccc2)c(N2C(=N)N(c3c(C(C)c4ccccc4)cc(C)cc3C(C)c3ccccc3)C3C4CCCC5CCCC(C54)C32)c(C(C)c2ccccc2)c1. The second-order valence-electron chi connectivity index (χ2n) is 19.7. The van der Waals surface area contributed by atoms with E-state index in [4.69, 9.17) is 0 Å². The van der Waals surface area contributed by atoms with E-state index in [1.54, 1.807) is 0 Å². The molecule has 8 unspecified atom stereocenters. The zero-order chi connectivity index (χ0) is 42.6. The molecule has 0 radical (unpaired) electrons. The molecule has 0 bridgehead atoms. The fourth-order valence-electron chi connectivity index (χ4n) is 13.3. The Morgan fingerprint density at radius 2 is 0.726 bits per heavy atom. The minimum atomic E-state index is 0.151. The number of rotatable bonds is 10. The minimum absolute atomic E-state index is 0.151. The van der Waals surface area contributed by atoms with Crippen molar-refractivity contribution in [2.24, 2.45) is 23.7 Å². The van der Waals surface area contributed by atoms with Crippen molar-refractivity contribution in [3.8, 4) is 0 Å². The summed E-state index contributed by atoms with van der Waals surface area (Å²) in [4.78, 5) is 5.35. The van der Waals surface area contributed by atoms with Crippen molar-refractivity contribution in [3.05, 3.63) is 201 Å².